The molecule has 0 N–H and O–H groups in total. The van der Waals surface area contributed by atoms with Gasteiger partial charge in [0.15, 0.2) is 0 Å². The Morgan fingerprint density at radius 3 is 1.30 bits per heavy atom. The van der Waals surface area contributed by atoms with E-state index in [0.29, 0.717) is 0 Å². The van der Waals surface area contributed by atoms with Gasteiger partial charge >= 0.3 is 0 Å². The predicted molar refractivity (Wildman–Crippen MR) is 94.2 cm³/mol. The third-order valence-corrected chi connectivity index (χ3v) is 7.67. The van der Waals surface area contributed by atoms with E-state index < -0.39 is 0 Å². The molecular formula is C16H34N2S2+2. The number of rotatable bonds is 7. The van der Waals surface area contributed by atoms with Crippen molar-refractivity contribution in [3.8, 4) is 0 Å². The molecule has 0 bridgehead atoms. The maximum Gasteiger partial charge on any atom is 0.0885 e. The van der Waals surface area contributed by atoms with Crippen LogP contribution in [0.15, 0.2) is 0 Å². The molecule has 2 aliphatic heterocycles. The molecule has 20 heavy (non-hydrogen) atoms. The van der Waals surface area contributed by atoms with E-state index in [2.05, 4.69) is 35.7 Å². The first-order valence-electron chi connectivity index (χ1n) is 8.54. The summed E-state index contributed by atoms with van der Waals surface area (Å²) >= 11 is 0. The molecule has 2 fully saturated rings. The second kappa shape index (κ2) is 8.30. The smallest absolute Gasteiger partial charge is 0.0885 e. The quantitative estimate of drug-likeness (QED) is 0.399. The molecule has 2 heterocycles. The van der Waals surface area contributed by atoms with Crippen molar-refractivity contribution in [3.05, 3.63) is 0 Å². The van der Waals surface area contributed by atoms with Crippen LogP contribution in [0.5, 0.6) is 0 Å². The molecule has 0 aliphatic carbocycles. The Bertz CT molecular complexity index is 244. The Hall–Kier alpha value is 0.620. The van der Waals surface area contributed by atoms with Crippen LogP contribution in [0.1, 0.15) is 38.5 Å². The number of piperidine rings is 2. The van der Waals surface area contributed by atoms with Crippen molar-refractivity contribution in [2.24, 2.45) is 0 Å². The molecule has 0 radical (unpaired) electrons. The van der Waals surface area contributed by atoms with Gasteiger partial charge in [-0.2, -0.15) is 0 Å². The highest BCUT2D eigenvalue weighted by atomic mass is 33.1. The van der Waals surface area contributed by atoms with Crippen LogP contribution in [-0.2, 0) is 0 Å². The third kappa shape index (κ3) is 5.78. The molecule has 0 aromatic heterocycles. The van der Waals surface area contributed by atoms with Crippen molar-refractivity contribution in [1.82, 2.24) is 0 Å². The van der Waals surface area contributed by atoms with Crippen molar-refractivity contribution in [2.75, 3.05) is 64.9 Å². The molecule has 0 unspecified atom stereocenters. The molecule has 2 nitrogen and oxygen atoms in total. The lowest BCUT2D eigenvalue weighted by Gasteiger charge is -2.38. The zero-order valence-electron chi connectivity index (χ0n) is 13.6. The lowest BCUT2D eigenvalue weighted by atomic mass is 10.1. The number of likely N-dealkylation sites (tertiary alicyclic amines) is 2. The normalized spacial score (nSPS) is 25.5. The van der Waals surface area contributed by atoms with Gasteiger partial charge in [0.1, 0.15) is 0 Å². The van der Waals surface area contributed by atoms with Crippen LogP contribution in [0.2, 0.25) is 0 Å². The van der Waals surface area contributed by atoms with Gasteiger partial charge in [-0.1, -0.05) is 21.6 Å². The summed E-state index contributed by atoms with van der Waals surface area (Å²) < 4.78 is 2.67. The first-order chi connectivity index (χ1) is 9.62. The minimum Gasteiger partial charge on any atom is -0.325 e. The minimum atomic E-state index is 1.33. The zero-order chi connectivity index (χ0) is 14.3. The molecule has 0 saturated carbocycles. The van der Waals surface area contributed by atoms with E-state index in [4.69, 9.17) is 0 Å². The van der Waals surface area contributed by atoms with Crippen molar-refractivity contribution >= 4 is 21.6 Å². The molecule has 0 aromatic rings. The third-order valence-electron chi connectivity index (χ3n) is 5.30. The van der Waals surface area contributed by atoms with Gasteiger partial charge in [-0.05, 0) is 38.5 Å². The summed E-state index contributed by atoms with van der Waals surface area (Å²) in [5.41, 5.74) is 0. The summed E-state index contributed by atoms with van der Waals surface area (Å²) in [6.07, 6.45) is 8.72. The number of hydrogen-bond donors (Lipinski definition) is 0. The van der Waals surface area contributed by atoms with Crippen molar-refractivity contribution in [2.45, 2.75) is 38.5 Å². The van der Waals surface area contributed by atoms with Crippen LogP contribution in [0.25, 0.3) is 0 Å². The van der Waals surface area contributed by atoms with Crippen LogP contribution in [0, 0.1) is 0 Å². The fourth-order valence-electron chi connectivity index (χ4n) is 3.63. The van der Waals surface area contributed by atoms with Crippen molar-refractivity contribution in [1.29, 1.82) is 0 Å². The van der Waals surface area contributed by atoms with E-state index in [1.54, 1.807) is 0 Å². The summed E-state index contributed by atoms with van der Waals surface area (Å²) in [6.45, 7) is 8.42. The first-order valence-corrected chi connectivity index (χ1v) is 11.0. The van der Waals surface area contributed by atoms with Crippen LogP contribution in [0.4, 0.5) is 0 Å². The predicted octanol–water partition coefficient (Wildman–Crippen LogP) is 3.63. The van der Waals surface area contributed by atoms with Crippen LogP contribution in [-0.4, -0.2) is 73.8 Å². The van der Waals surface area contributed by atoms with Crippen LogP contribution < -0.4 is 0 Å². The number of nitrogens with zero attached hydrogens (tertiary/aromatic N) is 2. The summed E-state index contributed by atoms with van der Waals surface area (Å²) in [4.78, 5) is 0. The van der Waals surface area contributed by atoms with Gasteiger partial charge in [0.05, 0.1) is 64.9 Å². The molecule has 0 amide bonds. The summed E-state index contributed by atoms with van der Waals surface area (Å²) in [5.74, 6) is 2.68. The van der Waals surface area contributed by atoms with E-state index in [-0.39, 0.29) is 0 Å². The van der Waals surface area contributed by atoms with Crippen molar-refractivity contribution < 1.29 is 8.97 Å². The van der Waals surface area contributed by atoms with Gasteiger partial charge in [-0.3, -0.25) is 0 Å². The summed E-state index contributed by atoms with van der Waals surface area (Å²) in [6, 6.07) is 0. The van der Waals surface area contributed by atoms with E-state index in [1.165, 1.54) is 98.3 Å². The highest BCUT2D eigenvalue weighted by Gasteiger charge is 2.25. The molecule has 2 saturated heterocycles. The Morgan fingerprint density at radius 1 is 0.600 bits per heavy atom. The van der Waals surface area contributed by atoms with Crippen molar-refractivity contribution in [3.63, 3.8) is 0 Å². The van der Waals surface area contributed by atoms with Crippen LogP contribution >= 0.6 is 21.6 Å². The Kier molecular flexibility index (Phi) is 7.05. The molecular weight excluding hydrogens is 284 g/mol. The Balaban J connectivity index is 1.51. The zero-order valence-corrected chi connectivity index (χ0v) is 15.2. The second-order valence-corrected chi connectivity index (χ2v) is 10.0. The number of hydrogen-bond acceptors (Lipinski definition) is 2. The van der Waals surface area contributed by atoms with E-state index >= 15 is 0 Å². The van der Waals surface area contributed by atoms with Gasteiger partial charge < -0.3 is 8.97 Å². The molecule has 0 aromatic carbocycles. The maximum atomic E-state index is 2.46. The van der Waals surface area contributed by atoms with E-state index in [0.717, 1.165) is 0 Å². The average Bonchev–Trinajstić information content (AvgIpc) is 2.44. The van der Waals surface area contributed by atoms with Gasteiger partial charge in [-0.15, -0.1) is 0 Å². The number of quaternary nitrogens is 2. The highest BCUT2D eigenvalue weighted by Crippen LogP contribution is 2.25. The molecule has 2 rings (SSSR count). The van der Waals surface area contributed by atoms with Gasteiger partial charge in [0.25, 0.3) is 0 Å². The molecule has 2 aliphatic rings. The summed E-state index contributed by atoms with van der Waals surface area (Å²) in [7, 11) is 9.17. The standard InChI is InChI=1S/C16H34N2S2/c1-17(9-5-3-6-10-17)13-15-19-20-16-14-18(2)11-7-4-8-12-18/h3-16H2,1-2H3/q+2. The molecule has 0 spiro atoms. The SMILES string of the molecule is C[N+]1(CCSSCC[N+]2(C)CCCCC2)CCCCC1. The largest absolute Gasteiger partial charge is 0.325 e. The van der Waals surface area contributed by atoms with E-state index in [1.807, 2.05) is 0 Å². The fourth-order valence-corrected chi connectivity index (χ4v) is 6.05. The minimum absolute atomic E-state index is 1.33. The Morgan fingerprint density at radius 2 is 0.950 bits per heavy atom. The first kappa shape index (κ1) is 17.0. The lowest BCUT2D eigenvalue weighted by molar-refractivity contribution is -0.911. The van der Waals surface area contributed by atoms with Gasteiger partial charge in [0, 0.05) is 0 Å². The maximum absolute atomic E-state index is 2.46. The monoisotopic (exact) mass is 318 g/mol. The molecule has 118 valence electrons. The van der Waals surface area contributed by atoms with Gasteiger partial charge in [-0.25, -0.2) is 0 Å². The Labute approximate surface area is 134 Å². The molecule has 4 heteroatoms. The lowest BCUT2D eigenvalue weighted by Crippen LogP contribution is -2.49. The van der Waals surface area contributed by atoms with Crippen LogP contribution in [0.3, 0.4) is 0 Å². The van der Waals surface area contributed by atoms with E-state index in [9.17, 15) is 0 Å². The summed E-state index contributed by atoms with van der Waals surface area (Å²) in [5, 5.41) is 0. The second-order valence-electron chi connectivity index (χ2n) is 7.35. The van der Waals surface area contributed by atoms with Gasteiger partial charge in [0.2, 0.25) is 0 Å². The fraction of sp³-hybridized carbons (Fsp3) is 1.00. The molecule has 0 atom stereocenters. The average molecular weight is 319 g/mol. The highest BCUT2D eigenvalue weighted by molar-refractivity contribution is 8.76. The topological polar surface area (TPSA) is 0 Å².